The van der Waals surface area contributed by atoms with Gasteiger partial charge in [0, 0.05) is 5.56 Å². The standard InChI is InChI=1S/C41H34F6N2O4/c1-39(2,3)30-15-12-28(13-16-30)37(52)48-34-21-14-29(26-10-19-32(20-11-26)41(45,46)47)22-33(34)38(53)49-35(23-36(50)51)27-6-4-24(5-7-27)25-8-17-31(18-9-25)40(42,43)44/h4-22,35H,23H2,1-3H3,(H,48,52)(H,49,53)(H,50,51). The number of carbonyl (C=O) groups is 3. The van der Waals surface area contributed by atoms with Gasteiger partial charge in [-0.05, 0) is 87.3 Å². The second-order valence-corrected chi connectivity index (χ2v) is 13.4. The van der Waals surface area contributed by atoms with Crippen LogP contribution in [0.1, 0.15) is 76.2 Å². The highest BCUT2D eigenvalue weighted by molar-refractivity contribution is 6.09. The fourth-order valence-corrected chi connectivity index (χ4v) is 5.61. The Morgan fingerprint density at radius 2 is 1.02 bits per heavy atom. The van der Waals surface area contributed by atoms with E-state index in [1.54, 1.807) is 36.4 Å². The normalized spacial score (nSPS) is 12.5. The Hall–Kier alpha value is -5.91. The number of anilines is 1. The van der Waals surface area contributed by atoms with E-state index in [0.29, 0.717) is 33.4 Å². The first-order chi connectivity index (χ1) is 24.8. The molecule has 53 heavy (non-hydrogen) atoms. The maximum Gasteiger partial charge on any atom is 0.416 e. The second-order valence-electron chi connectivity index (χ2n) is 13.4. The molecule has 0 aromatic heterocycles. The Kier molecular flexibility index (Phi) is 10.8. The summed E-state index contributed by atoms with van der Waals surface area (Å²) in [7, 11) is 0. The van der Waals surface area contributed by atoms with Crippen molar-refractivity contribution in [3.63, 3.8) is 0 Å². The Morgan fingerprint density at radius 3 is 1.47 bits per heavy atom. The van der Waals surface area contributed by atoms with Crippen molar-refractivity contribution in [1.82, 2.24) is 5.32 Å². The molecule has 0 spiro atoms. The summed E-state index contributed by atoms with van der Waals surface area (Å²) in [4.78, 5) is 39.3. The second kappa shape index (κ2) is 15.0. The van der Waals surface area contributed by atoms with Crippen LogP contribution in [0.3, 0.4) is 0 Å². The lowest BCUT2D eigenvalue weighted by Crippen LogP contribution is -2.31. The minimum Gasteiger partial charge on any atom is -0.481 e. The van der Waals surface area contributed by atoms with Crippen LogP contribution in [0.25, 0.3) is 22.3 Å². The van der Waals surface area contributed by atoms with Crippen LogP contribution in [-0.4, -0.2) is 22.9 Å². The number of hydrogen-bond donors (Lipinski definition) is 3. The number of alkyl halides is 6. The molecule has 0 heterocycles. The van der Waals surface area contributed by atoms with E-state index in [1.807, 2.05) is 32.9 Å². The predicted octanol–water partition coefficient (Wildman–Crippen LogP) is 10.6. The van der Waals surface area contributed by atoms with E-state index in [9.17, 15) is 45.8 Å². The molecule has 1 atom stereocenters. The summed E-state index contributed by atoms with van der Waals surface area (Å²) in [6, 6.07) is 25.3. The Balaban J connectivity index is 1.47. The summed E-state index contributed by atoms with van der Waals surface area (Å²) in [5.41, 5.74) is 1.55. The molecule has 0 aliphatic carbocycles. The van der Waals surface area contributed by atoms with Gasteiger partial charge in [0.1, 0.15) is 0 Å². The average molecular weight is 733 g/mol. The number of benzene rings is 5. The number of carboxylic acids is 1. The van der Waals surface area contributed by atoms with Gasteiger partial charge in [0.05, 0.1) is 34.8 Å². The van der Waals surface area contributed by atoms with Gasteiger partial charge >= 0.3 is 18.3 Å². The third kappa shape index (κ3) is 9.50. The number of amides is 2. The Morgan fingerprint density at radius 1 is 0.585 bits per heavy atom. The lowest BCUT2D eigenvalue weighted by atomic mass is 9.86. The van der Waals surface area contributed by atoms with Crippen molar-refractivity contribution >= 4 is 23.5 Å². The van der Waals surface area contributed by atoms with Crippen LogP contribution in [-0.2, 0) is 22.6 Å². The monoisotopic (exact) mass is 732 g/mol. The quantitative estimate of drug-likeness (QED) is 0.132. The van der Waals surface area contributed by atoms with Crippen molar-refractivity contribution < 1.29 is 45.8 Å². The molecule has 1 unspecified atom stereocenters. The van der Waals surface area contributed by atoms with Crippen molar-refractivity contribution in [2.75, 3.05) is 5.32 Å². The van der Waals surface area contributed by atoms with Crippen LogP contribution in [0, 0.1) is 0 Å². The summed E-state index contributed by atoms with van der Waals surface area (Å²) < 4.78 is 78.8. The van der Waals surface area contributed by atoms with Crippen LogP contribution < -0.4 is 10.6 Å². The van der Waals surface area contributed by atoms with Gasteiger partial charge in [0.2, 0.25) is 0 Å². The van der Waals surface area contributed by atoms with Crippen LogP contribution >= 0.6 is 0 Å². The number of carbonyl (C=O) groups excluding carboxylic acids is 2. The van der Waals surface area contributed by atoms with Gasteiger partial charge in [0.25, 0.3) is 11.8 Å². The van der Waals surface area contributed by atoms with Gasteiger partial charge in [-0.1, -0.05) is 87.5 Å². The lowest BCUT2D eigenvalue weighted by Gasteiger charge is -2.20. The minimum absolute atomic E-state index is 0.0646. The molecular formula is C41H34F6N2O4. The molecule has 5 aromatic rings. The zero-order valence-corrected chi connectivity index (χ0v) is 28.7. The largest absolute Gasteiger partial charge is 0.481 e. The topological polar surface area (TPSA) is 95.5 Å². The summed E-state index contributed by atoms with van der Waals surface area (Å²) >= 11 is 0. The van der Waals surface area contributed by atoms with E-state index in [0.717, 1.165) is 29.8 Å². The maximum absolute atomic E-state index is 14.0. The molecule has 274 valence electrons. The molecule has 2 amide bonds. The molecule has 0 saturated heterocycles. The molecule has 5 rings (SSSR count). The number of hydrogen-bond acceptors (Lipinski definition) is 3. The first-order valence-electron chi connectivity index (χ1n) is 16.3. The molecular weight excluding hydrogens is 698 g/mol. The molecule has 0 saturated carbocycles. The fraction of sp³-hybridized carbons (Fsp3) is 0.195. The zero-order chi connectivity index (χ0) is 38.7. The number of rotatable bonds is 9. The van der Waals surface area contributed by atoms with Gasteiger partial charge in [0.15, 0.2) is 0 Å². The van der Waals surface area contributed by atoms with Crippen LogP contribution in [0.15, 0.2) is 115 Å². The summed E-state index contributed by atoms with van der Waals surface area (Å²) in [6.07, 6.45) is -9.61. The first kappa shape index (κ1) is 38.3. The molecule has 0 aliphatic heterocycles. The van der Waals surface area contributed by atoms with Crippen molar-refractivity contribution in [2.45, 2.75) is 51.0 Å². The summed E-state index contributed by atoms with van der Waals surface area (Å²) in [5.74, 6) is -2.56. The highest BCUT2D eigenvalue weighted by atomic mass is 19.4. The van der Waals surface area contributed by atoms with E-state index in [1.165, 1.54) is 42.5 Å². The first-order valence-corrected chi connectivity index (χ1v) is 16.3. The van der Waals surface area contributed by atoms with Crippen LogP contribution in [0.4, 0.5) is 32.0 Å². The highest BCUT2D eigenvalue weighted by Crippen LogP contribution is 2.34. The van der Waals surface area contributed by atoms with Gasteiger partial charge in [-0.25, -0.2) is 0 Å². The van der Waals surface area contributed by atoms with E-state index < -0.39 is 53.7 Å². The van der Waals surface area contributed by atoms with Gasteiger partial charge < -0.3 is 15.7 Å². The number of nitrogens with one attached hydrogen (secondary N) is 2. The molecule has 0 aliphatic rings. The van der Waals surface area contributed by atoms with Crippen molar-refractivity contribution in [3.8, 4) is 22.3 Å². The third-order valence-corrected chi connectivity index (χ3v) is 8.61. The molecule has 0 fully saturated rings. The number of carboxylic acid groups (broad SMARTS) is 1. The maximum atomic E-state index is 14.0. The highest BCUT2D eigenvalue weighted by Gasteiger charge is 2.31. The van der Waals surface area contributed by atoms with E-state index in [4.69, 9.17) is 0 Å². The molecule has 5 aromatic carbocycles. The lowest BCUT2D eigenvalue weighted by molar-refractivity contribution is -0.138. The molecule has 0 bridgehead atoms. The Labute approximate surface area is 301 Å². The van der Waals surface area contributed by atoms with Gasteiger partial charge in [-0.2, -0.15) is 26.3 Å². The number of aliphatic carboxylic acids is 1. The molecule has 6 nitrogen and oxygen atoms in total. The van der Waals surface area contributed by atoms with E-state index >= 15 is 0 Å². The van der Waals surface area contributed by atoms with Crippen molar-refractivity contribution in [2.24, 2.45) is 0 Å². The van der Waals surface area contributed by atoms with Crippen molar-refractivity contribution in [3.05, 3.63) is 149 Å². The third-order valence-electron chi connectivity index (χ3n) is 8.61. The summed E-state index contributed by atoms with van der Waals surface area (Å²) in [6.45, 7) is 6.07. The van der Waals surface area contributed by atoms with Crippen LogP contribution in [0.5, 0.6) is 0 Å². The zero-order valence-electron chi connectivity index (χ0n) is 28.7. The molecule has 12 heteroatoms. The predicted molar refractivity (Wildman–Crippen MR) is 189 cm³/mol. The van der Waals surface area contributed by atoms with E-state index in [2.05, 4.69) is 10.6 Å². The van der Waals surface area contributed by atoms with Crippen molar-refractivity contribution in [1.29, 1.82) is 0 Å². The smallest absolute Gasteiger partial charge is 0.416 e. The Bertz CT molecular complexity index is 2100. The SMILES string of the molecule is CC(C)(C)c1ccc(C(=O)Nc2ccc(-c3ccc(C(F)(F)F)cc3)cc2C(=O)NC(CC(=O)O)c2ccc(-c3ccc(C(F)(F)F)cc3)cc2)cc1. The fourth-order valence-electron chi connectivity index (χ4n) is 5.61. The average Bonchev–Trinajstić information content (AvgIpc) is 3.10. The van der Waals surface area contributed by atoms with Gasteiger partial charge in [-0.15, -0.1) is 0 Å². The van der Waals surface area contributed by atoms with E-state index in [-0.39, 0.29) is 16.7 Å². The molecule has 0 radical (unpaired) electrons. The van der Waals surface area contributed by atoms with Crippen LogP contribution in [0.2, 0.25) is 0 Å². The van der Waals surface area contributed by atoms with Gasteiger partial charge in [-0.3, -0.25) is 14.4 Å². The molecule has 3 N–H and O–H groups in total. The summed E-state index contributed by atoms with van der Waals surface area (Å²) in [5, 5.41) is 15.2. The number of halogens is 6. The minimum atomic E-state index is -4.56.